The molecule has 28 heavy (non-hydrogen) atoms. The van der Waals surface area contributed by atoms with Crippen LogP contribution in [0.5, 0.6) is 11.6 Å². The van der Waals surface area contributed by atoms with Gasteiger partial charge in [0.1, 0.15) is 22.7 Å². The zero-order valence-corrected chi connectivity index (χ0v) is 16.7. The number of nitrogens with one attached hydrogen (secondary N) is 2. The van der Waals surface area contributed by atoms with Crippen LogP contribution in [-0.2, 0) is 4.74 Å². The number of pyridine rings is 1. The fourth-order valence-corrected chi connectivity index (χ4v) is 2.76. The molecule has 4 N–H and O–H groups in total. The average Bonchev–Trinajstić information content (AvgIpc) is 3.28. The van der Waals surface area contributed by atoms with Gasteiger partial charge in [-0.2, -0.15) is 5.10 Å². The third-order valence-corrected chi connectivity index (χ3v) is 4.44. The number of aromatic nitrogens is 3. The molecule has 1 aliphatic rings. The molecule has 0 aromatic carbocycles. The predicted molar refractivity (Wildman–Crippen MR) is 104 cm³/mol. The van der Waals surface area contributed by atoms with Gasteiger partial charge in [-0.15, -0.1) is 0 Å². The molecule has 2 aromatic rings. The summed E-state index contributed by atoms with van der Waals surface area (Å²) in [6.45, 7) is 6.40. The molecular weight excluding hydrogens is 362 g/mol. The Morgan fingerprint density at radius 1 is 1.39 bits per heavy atom. The second kappa shape index (κ2) is 7.57. The molecule has 1 amide bonds. The van der Waals surface area contributed by atoms with Gasteiger partial charge in [-0.3, -0.25) is 5.10 Å². The molecule has 0 aliphatic heterocycles. The highest BCUT2D eigenvalue weighted by atomic mass is 16.6. The van der Waals surface area contributed by atoms with E-state index in [-0.39, 0.29) is 5.41 Å². The number of alkyl carbamates (subject to hydrolysis) is 1. The second-order valence-corrected chi connectivity index (χ2v) is 8.04. The molecule has 3 rings (SSSR count). The van der Waals surface area contributed by atoms with E-state index in [0.717, 1.165) is 12.8 Å². The molecule has 1 aliphatic carbocycles. The normalized spacial score (nSPS) is 15.0. The molecule has 152 valence electrons. The number of H-pyrrole nitrogens is 1. The second-order valence-electron chi connectivity index (χ2n) is 8.04. The first-order chi connectivity index (χ1) is 13.2. The van der Waals surface area contributed by atoms with E-state index in [0.29, 0.717) is 41.9 Å². The number of hydrogen-bond donors (Lipinski definition) is 3. The lowest BCUT2D eigenvalue weighted by atomic mass is 10.1. The van der Waals surface area contributed by atoms with Crippen LogP contribution < -0.4 is 20.5 Å². The summed E-state index contributed by atoms with van der Waals surface area (Å²) in [4.78, 5) is 16.3. The third-order valence-electron chi connectivity index (χ3n) is 4.44. The van der Waals surface area contributed by atoms with Crippen molar-refractivity contribution in [2.45, 2.75) is 39.2 Å². The van der Waals surface area contributed by atoms with Crippen LogP contribution in [0.15, 0.2) is 18.3 Å². The van der Waals surface area contributed by atoms with Crippen molar-refractivity contribution in [2.24, 2.45) is 5.41 Å². The number of ether oxygens (including phenoxy) is 3. The summed E-state index contributed by atoms with van der Waals surface area (Å²) in [5.74, 6) is 1.39. The number of rotatable bonds is 7. The minimum atomic E-state index is -0.525. The van der Waals surface area contributed by atoms with Crippen molar-refractivity contribution in [2.75, 3.05) is 26.0 Å². The van der Waals surface area contributed by atoms with Crippen molar-refractivity contribution >= 4 is 11.9 Å². The highest BCUT2D eigenvalue weighted by molar-refractivity contribution is 5.73. The first-order valence-electron chi connectivity index (χ1n) is 9.15. The fraction of sp³-hybridized carbons (Fsp3) is 0.526. The van der Waals surface area contributed by atoms with Gasteiger partial charge in [-0.05, 0) is 39.7 Å². The van der Waals surface area contributed by atoms with E-state index in [9.17, 15) is 4.79 Å². The van der Waals surface area contributed by atoms with Crippen molar-refractivity contribution < 1.29 is 19.0 Å². The van der Waals surface area contributed by atoms with Gasteiger partial charge in [0.05, 0.1) is 19.4 Å². The molecule has 0 radical (unpaired) electrons. The predicted octanol–water partition coefficient (Wildman–Crippen LogP) is 2.75. The topological polar surface area (TPSA) is 124 Å². The minimum Gasteiger partial charge on any atom is -0.496 e. The summed E-state index contributed by atoms with van der Waals surface area (Å²) in [6, 6.07) is 3.44. The highest BCUT2D eigenvalue weighted by Gasteiger charge is 2.44. The fourth-order valence-electron chi connectivity index (χ4n) is 2.76. The highest BCUT2D eigenvalue weighted by Crippen LogP contribution is 2.46. The van der Waals surface area contributed by atoms with Crippen LogP contribution in [0.3, 0.4) is 0 Å². The first kappa shape index (κ1) is 19.8. The van der Waals surface area contributed by atoms with Gasteiger partial charge in [0.25, 0.3) is 0 Å². The van der Waals surface area contributed by atoms with E-state index in [1.165, 1.54) is 0 Å². The maximum absolute atomic E-state index is 11.9. The number of methoxy groups -OCH3 is 1. The Balaban J connectivity index is 1.67. The molecule has 2 aromatic heterocycles. The Morgan fingerprint density at radius 3 is 2.71 bits per heavy atom. The Hall–Kier alpha value is -2.97. The summed E-state index contributed by atoms with van der Waals surface area (Å²) in [5, 5.41) is 9.66. The molecular formula is C19H27N5O4. The molecule has 0 saturated heterocycles. The number of carbonyl (C=O) groups excluding carboxylic acids is 1. The van der Waals surface area contributed by atoms with Gasteiger partial charge in [-0.25, -0.2) is 9.78 Å². The summed E-state index contributed by atoms with van der Waals surface area (Å²) < 4.78 is 16.8. The third kappa shape index (κ3) is 4.85. The number of aromatic amines is 1. The summed E-state index contributed by atoms with van der Waals surface area (Å²) in [7, 11) is 1.58. The van der Waals surface area contributed by atoms with Gasteiger partial charge < -0.3 is 25.3 Å². The smallest absolute Gasteiger partial charge is 0.407 e. The average molecular weight is 389 g/mol. The van der Waals surface area contributed by atoms with Crippen molar-refractivity contribution in [3.05, 3.63) is 18.3 Å². The molecule has 0 unspecified atom stereocenters. The quantitative estimate of drug-likeness (QED) is 0.665. The number of nitrogens with zero attached hydrogens (tertiary/aromatic N) is 2. The summed E-state index contributed by atoms with van der Waals surface area (Å²) >= 11 is 0. The number of amides is 1. The Kier molecular flexibility index (Phi) is 5.35. The lowest BCUT2D eigenvalue weighted by Gasteiger charge is -2.22. The van der Waals surface area contributed by atoms with Gasteiger partial charge in [0, 0.05) is 24.2 Å². The van der Waals surface area contributed by atoms with Crippen LogP contribution in [0, 0.1) is 5.41 Å². The van der Waals surface area contributed by atoms with E-state index < -0.39 is 11.7 Å². The molecule has 9 nitrogen and oxygen atoms in total. The van der Waals surface area contributed by atoms with Gasteiger partial charge in [0.2, 0.25) is 5.88 Å². The van der Waals surface area contributed by atoms with Gasteiger partial charge in [-0.1, -0.05) is 0 Å². The number of carbonyl (C=O) groups is 1. The zero-order chi connectivity index (χ0) is 20.4. The molecule has 2 heterocycles. The SMILES string of the molecule is COc1ccnc(OCC2(CNC(=O)OC(C)(C)C)CC2)c1-c1cc(N)n[nH]1. The van der Waals surface area contributed by atoms with Crippen LogP contribution in [0.25, 0.3) is 11.3 Å². The van der Waals surface area contributed by atoms with E-state index >= 15 is 0 Å². The van der Waals surface area contributed by atoms with Crippen LogP contribution in [0.1, 0.15) is 33.6 Å². The van der Waals surface area contributed by atoms with E-state index in [4.69, 9.17) is 19.9 Å². The lowest BCUT2D eigenvalue weighted by Crippen LogP contribution is -2.37. The minimum absolute atomic E-state index is 0.119. The van der Waals surface area contributed by atoms with Gasteiger partial charge >= 0.3 is 6.09 Å². The van der Waals surface area contributed by atoms with E-state index in [1.54, 1.807) is 25.4 Å². The maximum atomic E-state index is 11.9. The monoisotopic (exact) mass is 389 g/mol. The Bertz CT molecular complexity index is 839. The van der Waals surface area contributed by atoms with E-state index in [2.05, 4.69) is 20.5 Å². The van der Waals surface area contributed by atoms with E-state index in [1.807, 2.05) is 20.8 Å². The zero-order valence-electron chi connectivity index (χ0n) is 16.7. The maximum Gasteiger partial charge on any atom is 0.407 e. The van der Waals surface area contributed by atoms with Crippen LogP contribution in [0.4, 0.5) is 10.6 Å². The number of hydrogen-bond acceptors (Lipinski definition) is 7. The molecule has 9 heteroatoms. The molecule has 0 bridgehead atoms. The molecule has 1 fully saturated rings. The summed E-state index contributed by atoms with van der Waals surface area (Å²) in [5.41, 5.74) is 6.40. The van der Waals surface area contributed by atoms with Crippen LogP contribution >= 0.6 is 0 Å². The standard InChI is InChI=1S/C19H27N5O4/c1-18(2,3)28-17(25)22-10-19(6-7-19)11-27-16-15(12-9-14(20)24-23-12)13(26-4)5-8-21-16/h5,8-9H,6-7,10-11H2,1-4H3,(H,22,25)(H3,20,23,24). The number of nitrogen functional groups attached to an aromatic ring is 1. The van der Waals surface area contributed by atoms with Crippen LogP contribution in [0.2, 0.25) is 0 Å². The summed E-state index contributed by atoms with van der Waals surface area (Å²) in [6.07, 6.45) is 3.11. The van der Waals surface area contributed by atoms with Crippen molar-refractivity contribution in [3.63, 3.8) is 0 Å². The number of anilines is 1. The molecule has 1 saturated carbocycles. The molecule has 0 atom stereocenters. The van der Waals surface area contributed by atoms with Crippen molar-refractivity contribution in [1.29, 1.82) is 0 Å². The lowest BCUT2D eigenvalue weighted by molar-refractivity contribution is 0.0509. The molecule has 0 spiro atoms. The first-order valence-corrected chi connectivity index (χ1v) is 9.15. The van der Waals surface area contributed by atoms with Crippen molar-refractivity contribution in [1.82, 2.24) is 20.5 Å². The Labute approximate surface area is 164 Å². The largest absolute Gasteiger partial charge is 0.496 e. The Morgan fingerprint density at radius 2 is 2.14 bits per heavy atom. The van der Waals surface area contributed by atoms with Crippen LogP contribution in [-0.4, -0.2) is 47.1 Å². The number of nitrogens with two attached hydrogens (primary N) is 1. The van der Waals surface area contributed by atoms with Gasteiger partial charge in [0.15, 0.2) is 0 Å². The van der Waals surface area contributed by atoms with Crippen molar-refractivity contribution in [3.8, 4) is 22.9 Å².